The number of allylic oxidation sites excluding steroid dienone is 2. The molecule has 38 heavy (non-hydrogen) atoms. The van der Waals surface area contributed by atoms with Crippen LogP contribution in [0.3, 0.4) is 0 Å². The zero-order chi connectivity index (χ0) is 28.0. The van der Waals surface area contributed by atoms with Crippen LogP contribution in [0.1, 0.15) is 53.2 Å². The number of rotatable bonds is 11. The van der Waals surface area contributed by atoms with Crippen molar-refractivity contribution in [2.24, 2.45) is 5.92 Å². The molecule has 0 spiro atoms. The van der Waals surface area contributed by atoms with E-state index in [0.717, 1.165) is 31.6 Å². The Kier molecular flexibility index (Phi) is 9.77. The van der Waals surface area contributed by atoms with Crippen LogP contribution in [0.2, 0.25) is 0 Å². The smallest absolute Gasteiger partial charge is 0.471 e. The molecule has 1 amide bonds. The Hall–Kier alpha value is -3.12. The van der Waals surface area contributed by atoms with E-state index in [1.54, 1.807) is 19.9 Å². The molecule has 210 valence electrons. The first-order chi connectivity index (χ1) is 17.9. The number of amides is 1. The van der Waals surface area contributed by atoms with Crippen molar-refractivity contribution in [3.63, 3.8) is 0 Å². The molecule has 12 heteroatoms. The Morgan fingerprint density at radius 2 is 1.95 bits per heavy atom. The van der Waals surface area contributed by atoms with Gasteiger partial charge in [0.2, 0.25) is 0 Å². The molecule has 1 atom stereocenters. The van der Waals surface area contributed by atoms with Gasteiger partial charge in [0.1, 0.15) is 12.4 Å². The minimum atomic E-state index is -5.18. The predicted molar refractivity (Wildman–Crippen MR) is 131 cm³/mol. The number of nitrogens with one attached hydrogen (secondary N) is 1. The maximum Gasteiger partial charge on any atom is 0.471 e. The number of benzene rings is 1. The largest absolute Gasteiger partial charge is 0.496 e. The van der Waals surface area contributed by atoms with Crippen LogP contribution in [0, 0.1) is 12.8 Å². The van der Waals surface area contributed by atoms with Crippen LogP contribution in [0.5, 0.6) is 5.75 Å². The van der Waals surface area contributed by atoms with Crippen LogP contribution < -0.4 is 10.1 Å². The highest BCUT2D eigenvalue weighted by Crippen LogP contribution is 2.42. The van der Waals surface area contributed by atoms with Gasteiger partial charge in [0.25, 0.3) is 0 Å². The molecule has 1 saturated heterocycles. The summed E-state index contributed by atoms with van der Waals surface area (Å²) in [5, 5.41) is 11.3. The first-order valence-corrected chi connectivity index (χ1v) is 12.4. The molecule has 2 aliphatic rings. The second-order valence-electron chi connectivity index (χ2n) is 9.44. The number of fused-ring (bicyclic) bond motifs is 1. The first-order valence-electron chi connectivity index (χ1n) is 12.4. The Labute approximate surface area is 218 Å². The summed E-state index contributed by atoms with van der Waals surface area (Å²) < 4.78 is 55.3. The SMILES string of the molecule is COc1c(C)c2c(c(NC(=O)C(F)(F)F)c1C/C=C(\C)C(CCCN1CCOCC1)CC(=O)O)C(=O)OC2. The number of methoxy groups -OCH3 is 1. The van der Waals surface area contributed by atoms with E-state index < -0.39 is 24.0 Å². The fraction of sp³-hybridized carbons (Fsp3) is 0.577. The van der Waals surface area contributed by atoms with Crippen LogP contribution in [0.4, 0.5) is 18.9 Å². The zero-order valence-electron chi connectivity index (χ0n) is 21.7. The molecule has 0 saturated carbocycles. The molecule has 0 aliphatic carbocycles. The van der Waals surface area contributed by atoms with Gasteiger partial charge in [-0.05, 0) is 51.1 Å². The van der Waals surface area contributed by atoms with E-state index in [0.29, 0.717) is 30.8 Å². The molecule has 1 unspecified atom stereocenters. The number of hydrogen-bond acceptors (Lipinski definition) is 7. The van der Waals surface area contributed by atoms with E-state index in [4.69, 9.17) is 14.2 Å². The lowest BCUT2D eigenvalue weighted by Crippen LogP contribution is -2.37. The van der Waals surface area contributed by atoms with Gasteiger partial charge in [-0.25, -0.2) is 4.79 Å². The summed E-state index contributed by atoms with van der Waals surface area (Å²) in [5.74, 6) is -4.09. The van der Waals surface area contributed by atoms with E-state index in [-0.39, 0.29) is 47.9 Å². The molecule has 1 aromatic carbocycles. The number of ether oxygens (including phenoxy) is 3. The molecular formula is C26H33F3N2O7. The van der Waals surface area contributed by atoms with Gasteiger partial charge in [-0.15, -0.1) is 0 Å². The molecule has 0 aromatic heterocycles. The third kappa shape index (κ3) is 7.04. The second-order valence-corrected chi connectivity index (χ2v) is 9.44. The number of anilines is 1. The van der Waals surface area contributed by atoms with Crippen molar-refractivity contribution in [3.8, 4) is 5.75 Å². The highest BCUT2D eigenvalue weighted by atomic mass is 19.4. The topological polar surface area (TPSA) is 114 Å². The van der Waals surface area contributed by atoms with E-state index >= 15 is 0 Å². The quantitative estimate of drug-likeness (QED) is 0.320. The lowest BCUT2D eigenvalue weighted by atomic mass is 9.89. The number of carbonyl (C=O) groups excluding carboxylic acids is 2. The summed E-state index contributed by atoms with van der Waals surface area (Å²) in [6.07, 6.45) is -2.18. The molecule has 3 rings (SSSR count). The van der Waals surface area contributed by atoms with Crippen molar-refractivity contribution < 1.29 is 46.9 Å². The summed E-state index contributed by atoms with van der Waals surface area (Å²) in [7, 11) is 1.35. The number of esters is 1. The number of nitrogens with zero attached hydrogens (tertiary/aromatic N) is 1. The summed E-state index contributed by atoms with van der Waals surface area (Å²) in [6, 6.07) is 0. The average molecular weight is 543 g/mol. The molecular weight excluding hydrogens is 509 g/mol. The summed E-state index contributed by atoms with van der Waals surface area (Å²) >= 11 is 0. The first kappa shape index (κ1) is 29.4. The van der Waals surface area contributed by atoms with Crippen molar-refractivity contribution in [1.29, 1.82) is 0 Å². The van der Waals surface area contributed by atoms with Crippen molar-refractivity contribution in [3.05, 3.63) is 33.9 Å². The lowest BCUT2D eigenvalue weighted by Gasteiger charge is -2.27. The number of carboxylic acids is 1. The summed E-state index contributed by atoms with van der Waals surface area (Å²) in [4.78, 5) is 38.1. The summed E-state index contributed by atoms with van der Waals surface area (Å²) in [5.41, 5.74) is 1.35. The molecule has 9 nitrogen and oxygen atoms in total. The van der Waals surface area contributed by atoms with Gasteiger partial charge in [-0.2, -0.15) is 13.2 Å². The van der Waals surface area contributed by atoms with E-state index in [1.165, 1.54) is 7.11 Å². The zero-order valence-corrected chi connectivity index (χ0v) is 21.7. The van der Waals surface area contributed by atoms with E-state index in [9.17, 15) is 32.7 Å². The number of hydrogen-bond donors (Lipinski definition) is 2. The number of halogens is 3. The van der Waals surface area contributed by atoms with Gasteiger partial charge < -0.3 is 24.6 Å². The number of morpholine rings is 1. The van der Waals surface area contributed by atoms with E-state index in [2.05, 4.69) is 4.90 Å². The van der Waals surface area contributed by atoms with Gasteiger partial charge in [-0.1, -0.05) is 11.6 Å². The van der Waals surface area contributed by atoms with Crippen molar-refractivity contribution in [2.45, 2.75) is 52.3 Å². The molecule has 2 heterocycles. The fourth-order valence-electron chi connectivity index (χ4n) is 4.89. The van der Waals surface area contributed by atoms with Crippen LogP contribution in [0.15, 0.2) is 11.6 Å². The highest BCUT2D eigenvalue weighted by Gasteiger charge is 2.41. The highest BCUT2D eigenvalue weighted by molar-refractivity contribution is 6.07. The van der Waals surface area contributed by atoms with Crippen LogP contribution in [-0.4, -0.2) is 74.0 Å². The average Bonchev–Trinajstić information content (AvgIpc) is 3.25. The molecule has 1 aromatic rings. The van der Waals surface area contributed by atoms with Gasteiger partial charge in [0.05, 0.1) is 38.0 Å². The van der Waals surface area contributed by atoms with Crippen molar-refractivity contribution >= 4 is 23.5 Å². The third-order valence-corrected chi connectivity index (χ3v) is 7.00. The predicted octanol–water partition coefficient (Wildman–Crippen LogP) is 3.87. The maximum atomic E-state index is 13.1. The maximum absolute atomic E-state index is 13.1. The standard InChI is InChI=1S/C26H33F3N2O7/c1-15(17(13-20(32)33)5-4-8-31-9-11-37-12-10-31)6-7-18-22(30-25(35)26(27,28)29)21-19(14-38-24(21)34)16(2)23(18)36-3/h6,17H,4-5,7-14H2,1-3H3,(H,30,35)(H,32,33)/b15-6+. The minimum absolute atomic E-state index is 0.00343. The number of carbonyl (C=O) groups is 3. The Morgan fingerprint density at radius 1 is 1.26 bits per heavy atom. The minimum Gasteiger partial charge on any atom is -0.496 e. The van der Waals surface area contributed by atoms with Gasteiger partial charge in [0, 0.05) is 24.2 Å². The van der Waals surface area contributed by atoms with Crippen LogP contribution >= 0.6 is 0 Å². The molecule has 1 fully saturated rings. The molecule has 2 aliphatic heterocycles. The van der Waals surface area contributed by atoms with Crippen LogP contribution in [0.25, 0.3) is 0 Å². The second kappa shape index (κ2) is 12.6. The fourth-order valence-corrected chi connectivity index (χ4v) is 4.89. The van der Waals surface area contributed by atoms with Crippen LogP contribution in [-0.2, 0) is 32.1 Å². The normalized spacial score (nSPS) is 17.1. The molecule has 0 radical (unpaired) electrons. The lowest BCUT2D eigenvalue weighted by molar-refractivity contribution is -0.167. The van der Waals surface area contributed by atoms with Crippen molar-refractivity contribution in [1.82, 2.24) is 4.90 Å². The Bertz CT molecular complexity index is 1100. The monoisotopic (exact) mass is 542 g/mol. The molecule has 2 N–H and O–H groups in total. The Morgan fingerprint density at radius 3 is 2.55 bits per heavy atom. The number of aliphatic carboxylic acids is 1. The van der Waals surface area contributed by atoms with Gasteiger partial charge >= 0.3 is 24.0 Å². The van der Waals surface area contributed by atoms with Gasteiger partial charge in [0.15, 0.2) is 0 Å². The molecule has 0 bridgehead atoms. The Balaban J connectivity index is 1.91. The third-order valence-electron chi connectivity index (χ3n) is 7.00. The summed E-state index contributed by atoms with van der Waals surface area (Å²) in [6.45, 7) is 7.08. The number of alkyl halides is 3. The number of carboxylic acid groups (broad SMARTS) is 1. The number of cyclic esters (lactones) is 1. The van der Waals surface area contributed by atoms with Gasteiger partial charge in [-0.3, -0.25) is 14.5 Å². The van der Waals surface area contributed by atoms with E-state index in [1.807, 2.05) is 5.32 Å². The van der Waals surface area contributed by atoms with Crippen molar-refractivity contribution in [2.75, 3.05) is 45.3 Å².